The Morgan fingerprint density at radius 1 is 1.24 bits per heavy atom. The third-order valence-electron chi connectivity index (χ3n) is 5.00. The third-order valence-corrected chi connectivity index (χ3v) is 5.00. The van der Waals surface area contributed by atoms with Crippen molar-refractivity contribution in [3.8, 4) is 0 Å². The van der Waals surface area contributed by atoms with E-state index < -0.39 is 0 Å². The molecule has 2 fully saturated rings. The third kappa shape index (κ3) is 8.41. The predicted molar refractivity (Wildman–Crippen MR) is 116 cm³/mol. The van der Waals surface area contributed by atoms with Gasteiger partial charge in [0, 0.05) is 52.4 Å². The van der Waals surface area contributed by atoms with Crippen LogP contribution in [0.2, 0.25) is 0 Å². The van der Waals surface area contributed by atoms with Crippen LogP contribution in [-0.2, 0) is 4.74 Å². The lowest BCUT2D eigenvalue weighted by Crippen LogP contribution is -2.47. The summed E-state index contributed by atoms with van der Waals surface area (Å²) in [7, 11) is 2.20. The number of guanidine groups is 1. The van der Waals surface area contributed by atoms with E-state index in [4.69, 9.17) is 9.73 Å². The van der Waals surface area contributed by atoms with Crippen molar-refractivity contribution in [2.45, 2.75) is 39.2 Å². The minimum atomic E-state index is -0.0756. The van der Waals surface area contributed by atoms with E-state index in [0.717, 1.165) is 51.6 Å². The van der Waals surface area contributed by atoms with Crippen molar-refractivity contribution in [2.24, 2.45) is 10.9 Å². The molecule has 25 heavy (non-hydrogen) atoms. The molecule has 0 spiro atoms. The zero-order valence-corrected chi connectivity index (χ0v) is 18.8. The number of hydrogen-bond donors (Lipinski definition) is 2. The van der Waals surface area contributed by atoms with Gasteiger partial charge in [-0.3, -0.25) is 4.99 Å². The van der Waals surface area contributed by atoms with Gasteiger partial charge in [0.05, 0.1) is 12.1 Å². The highest BCUT2D eigenvalue weighted by Gasteiger charge is 2.29. The molecule has 2 atom stereocenters. The van der Waals surface area contributed by atoms with Crippen molar-refractivity contribution < 1.29 is 4.74 Å². The molecule has 0 saturated carbocycles. The fraction of sp³-hybridized carbons (Fsp3) is 0.944. The van der Waals surface area contributed by atoms with Crippen LogP contribution in [0.4, 0.5) is 0 Å². The summed E-state index contributed by atoms with van der Waals surface area (Å²) in [6.07, 6.45) is 2.26. The molecular weight excluding hydrogens is 429 g/mol. The van der Waals surface area contributed by atoms with E-state index in [1.807, 2.05) is 0 Å². The first-order valence-corrected chi connectivity index (χ1v) is 9.58. The standard InChI is InChI=1S/C18H37N5O.HI/c1-5-19-17(21-15-18(3)7-6-12-24-18)20-13-16(2)14-23-10-8-22(4)9-11-23;/h16H,5-15H2,1-4H3,(H2,19,20,21);1H. The van der Waals surface area contributed by atoms with E-state index in [0.29, 0.717) is 5.92 Å². The van der Waals surface area contributed by atoms with Crippen molar-refractivity contribution in [1.82, 2.24) is 20.4 Å². The molecule has 0 aromatic rings. The number of nitrogens with one attached hydrogen (secondary N) is 2. The quantitative estimate of drug-likeness (QED) is 0.339. The molecule has 0 bridgehead atoms. The molecule has 2 unspecified atom stereocenters. The van der Waals surface area contributed by atoms with Crippen LogP contribution in [0.3, 0.4) is 0 Å². The van der Waals surface area contributed by atoms with Gasteiger partial charge in [0.1, 0.15) is 0 Å². The van der Waals surface area contributed by atoms with E-state index in [-0.39, 0.29) is 29.6 Å². The van der Waals surface area contributed by atoms with E-state index in [9.17, 15) is 0 Å². The molecule has 0 amide bonds. The minimum Gasteiger partial charge on any atom is -0.373 e. The van der Waals surface area contributed by atoms with E-state index in [2.05, 4.69) is 48.3 Å². The van der Waals surface area contributed by atoms with Gasteiger partial charge in [-0.05, 0) is 39.7 Å². The van der Waals surface area contributed by atoms with E-state index in [1.165, 1.54) is 26.2 Å². The molecule has 0 aliphatic carbocycles. The SMILES string of the molecule is CCNC(=NCC1(C)CCCO1)NCC(C)CN1CCN(C)CC1.I. The van der Waals surface area contributed by atoms with Crippen LogP contribution >= 0.6 is 24.0 Å². The largest absolute Gasteiger partial charge is 0.373 e. The number of rotatable bonds is 7. The lowest BCUT2D eigenvalue weighted by molar-refractivity contribution is 0.0283. The van der Waals surface area contributed by atoms with Gasteiger partial charge < -0.3 is 25.2 Å². The van der Waals surface area contributed by atoms with E-state index in [1.54, 1.807) is 0 Å². The number of halogens is 1. The Morgan fingerprint density at radius 3 is 2.56 bits per heavy atom. The molecule has 0 radical (unpaired) electrons. The molecule has 6 nitrogen and oxygen atoms in total. The van der Waals surface area contributed by atoms with Crippen molar-refractivity contribution in [3.63, 3.8) is 0 Å². The van der Waals surface area contributed by atoms with Gasteiger partial charge in [-0.25, -0.2) is 0 Å². The summed E-state index contributed by atoms with van der Waals surface area (Å²) in [5, 5.41) is 6.86. The fourth-order valence-electron chi connectivity index (χ4n) is 3.36. The Labute approximate surface area is 171 Å². The summed E-state index contributed by atoms with van der Waals surface area (Å²) in [4.78, 5) is 9.72. The monoisotopic (exact) mass is 467 g/mol. The topological polar surface area (TPSA) is 52.1 Å². The second-order valence-electron chi connectivity index (χ2n) is 7.69. The highest BCUT2D eigenvalue weighted by molar-refractivity contribution is 14.0. The van der Waals surface area contributed by atoms with Crippen LogP contribution in [0, 0.1) is 5.92 Å². The molecule has 2 aliphatic heterocycles. The number of likely N-dealkylation sites (N-methyl/N-ethyl adjacent to an activating group) is 1. The van der Waals surface area contributed by atoms with Gasteiger partial charge in [0.2, 0.25) is 0 Å². The average Bonchev–Trinajstić information content (AvgIpc) is 2.99. The Hall–Kier alpha value is -0.120. The lowest BCUT2D eigenvalue weighted by Gasteiger charge is -2.34. The molecule has 2 saturated heterocycles. The maximum absolute atomic E-state index is 5.83. The van der Waals surface area contributed by atoms with E-state index >= 15 is 0 Å². The van der Waals surface area contributed by atoms with Crippen LogP contribution in [0.25, 0.3) is 0 Å². The first kappa shape index (κ1) is 22.9. The number of ether oxygens (including phenoxy) is 1. The first-order valence-electron chi connectivity index (χ1n) is 9.58. The highest BCUT2D eigenvalue weighted by Crippen LogP contribution is 2.24. The molecule has 2 rings (SSSR count). The normalized spacial score (nSPS) is 27.0. The molecule has 0 aromatic carbocycles. The number of hydrogen-bond acceptors (Lipinski definition) is 4. The minimum absolute atomic E-state index is 0. The van der Waals surface area contributed by atoms with Gasteiger partial charge >= 0.3 is 0 Å². The van der Waals surface area contributed by atoms with Crippen LogP contribution in [0.1, 0.15) is 33.6 Å². The second-order valence-corrected chi connectivity index (χ2v) is 7.69. The zero-order chi connectivity index (χ0) is 17.4. The van der Waals surface area contributed by atoms with Crippen LogP contribution in [0.5, 0.6) is 0 Å². The van der Waals surface area contributed by atoms with Crippen LogP contribution < -0.4 is 10.6 Å². The maximum Gasteiger partial charge on any atom is 0.191 e. The molecular formula is C18H38IN5O. The Morgan fingerprint density at radius 2 is 1.96 bits per heavy atom. The zero-order valence-electron chi connectivity index (χ0n) is 16.5. The van der Waals surface area contributed by atoms with Gasteiger partial charge in [-0.2, -0.15) is 0 Å². The van der Waals surface area contributed by atoms with Gasteiger partial charge in [-0.15, -0.1) is 24.0 Å². The molecule has 2 aliphatic rings. The van der Waals surface area contributed by atoms with Crippen LogP contribution in [0.15, 0.2) is 4.99 Å². The molecule has 0 aromatic heterocycles. The molecule has 2 N–H and O–H groups in total. The predicted octanol–water partition coefficient (Wildman–Crippen LogP) is 1.61. The number of piperazine rings is 1. The van der Waals surface area contributed by atoms with Crippen LogP contribution in [-0.4, -0.2) is 87.4 Å². The summed E-state index contributed by atoms with van der Waals surface area (Å²) in [5.41, 5.74) is -0.0756. The maximum atomic E-state index is 5.83. The Kier molecular flexibility index (Phi) is 10.6. The Balaban J connectivity index is 0.00000312. The second kappa shape index (κ2) is 11.6. The van der Waals surface area contributed by atoms with Crippen molar-refractivity contribution in [1.29, 1.82) is 0 Å². The van der Waals surface area contributed by atoms with Gasteiger partial charge in [-0.1, -0.05) is 6.92 Å². The fourth-order valence-corrected chi connectivity index (χ4v) is 3.36. The summed E-state index contributed by atoms with van der Waals surface area (Å²) < 4.78 is 5.83. The average molecular weight is 467 g/mol. The van der Waals surface area contributed by atoms with Crippen molar-refractivity contribution >= 4 is 29.9 Å². The lowest BCUT2D eigenvalue weighted by atomic mass is 10.0. The first-order chi connectivity index (χ1) is 11.5. The van der Waals surface area contributed by atoms with Gasteiger partial charge in [0.15, 0.2) is 5.96 Å². The van der Waals surface area contributed by atoms with Crippen molar-refractivity contribution in [3.05, 3.63) is 0 Å². The summed E-state index contributed by atoms with van der Waals surface area (Å²) >= 11 is 0. The Bertz CT molecular complexity index is 393. The summed E-state index contributed by atoms with van der Waals surface area (Å²) in [6.45, 7) is 15.9. The summed E-state index contributed by atoms with van der Waals surface area (Å²) in [6, 6.07) is 0. The van der Waals surface area contributed by atoms with Gasteiger partial charge in [0.25, 0.3) is 0 Å². The molecule has 7 heteroatoms. The smallest absolute Gasteiger partial charge is 0.191 e. The number of aliphatic imine (C=N–C) groups is 1. The van der Waals surface area contributed by atoms with Crippen molar-refractivity contribution in [2.75, 3.05) is 66.0 Å². The summed E-state index contributed by atoms with van der Waals surface area (Å²) in [5.74, 6) is 1.52. The molecule has 148 valence electrons. The number of nitrogens with zero attached hydrogens (tertiary/aromatic N) is 3. The molecule has 2 heterocycles. The highest BCUT2D eigenvalue weighted by atomic mass is 127.